The van der Waals surface area contributed by atoms with Gasteiger partial charge in [0.05, 0.1) is 0 Å². The molecule has 0 saturated carbocycles. The standard InChI is InChI=1S/C11H15N3.C2H6/c1-3-10-4-5-11(12-8-10)14-7-6-9(2)13-14;1-2/h4-9,13H,3H2,1-2H3;1-2H3. The van der Waals surface area contributed by atoms with Crippen LogP contribution in [0.4, 0.5) is 5.82 Å². The van der Waals surface area contributed by atoms with Gasteiger partial charge in [0.25, 0.3) is 0 Å². The topological polar surface area (TPSA) is 28.2 Å². The number of anilines is 1. The van der Waals surface area contributed by atoms with E-state index in [9.17, 15) is 0 Å². The fourth-order valence-electron chi connectivity index (χ4n) is 1.43. The first-order valence-electron chi connectivity index (χ1n) is 5.98. The summed E-state index contributed by atoms with van der Waals surface area (Å²) >= 11 is 0. The molecule has 1 aromatic rings. The van der Waals surface area contributed by atoms with Gasteiger partial charge in [-0.05, 0) is 31.1 Å². The van der Waals surface area contributed by atoms with Crippen LogP contribution in [0, 0.1) is 0 Å². The van der Waals surface area contributed by atoms with Crippen molar-refractivity contribution in [3.63, 3.8) is 0 Å². The molecule has 0 aliphatic carbocycles. The normalized spacial score (nSPS) is 18.2. The molecule has 0 bridgehead atoms. The zero-order valence-electron chi connectivity index (χ0n) is 10.6. The third-order valence-corrected chi connectivity index (χ3v) is 2.33. The highest BCUT2D eigenvalue weighted by molar-refractivity contribution is 5.43. The van der Waals surface area contributed by atoms with Gasteiger partial charge in [0, 0.05) is 18.4 Å². The first-order chi connectivity index (χ1) is 7.79. The third kappa shape index (κ3) is 3.07. The number of hydrogen-bond donors (Lipinski definition) is 1. The molecule has 1 atom stereocenters. The summed E-state index contributed by atoms with van der Waals surface area (Å²) in [6, 6.07) is 4.54. The van der Waals surface area contributed by atoms with Crippen LogP contribution in [0.2, 0.25) is 0 Å². The molecule has 3 heteroatoms. The summed E-state index contributed by atoms with van der Waals surface area (Å²) in [6.45, 7) is 8.24. The zero-order valence-corrected chi connectivity index (χ0v) is 10.6. The van der Waals surface area contributed by atoms with Crippen molar-refractivity contribution in [1.29, 1.82) is 0 Å². The van der Waals surface area contributed by atoms with E-state index in [1.807, 2.05) is 37.3 Å². The molecule has 1 N–H and O–H groups in total. The van der Waals surface area contributed by atoms with Crippen LogP contribution >= 0.6 is 0 Å². The molecule has 0 spiro atoms. The number of hydrogen-bond acceptors (Lipinski definition) is 3. The minimum Gasteiger partial charge on any atom is -0.267 e. The molecule has 1 aliphatic rings. The minimum absolute atomic E-state index is 0.391. The summed E-state index contributed by atoms with van der Waals surface area (Å²) in [5.41, 5.74) is 4.54. The van der Waals surface area contributed by atoms with E-state index in [1.54, 1.807) is 0 Å². The van der Waals surface area contributed by atoms with Crippen molar-refractivity contribution in [2.24, 2.45) is 0 Å². The average Bonchev–Trinajstić information content (AvgIpc) is 2.79. The summed E-state index contributed by atoms with van der Waals surface area (Å²) in [5.74, 6) is 0.947. The van der Waals surface area contributed by atoms with Gasteiger partial charge in [-0.3, -0.25) is 5.01 Å². The fourth-order valence-corrected chi connectivity index (χ4v) is 1.43. The number of aromatic nitrogens is 1. The van der Waals surface area contributed by atoms with Gasteiger partial charge < -0.3 is 0 Å². The van der Waals surface area contributed by atoms with E-state index >= 15 is 0 Å². The maximum absolute atomic E-state index is 4.38. The van der Waals surface area contributed by atoms with Crippen LogP contribution in [0.5, 0.6) is 0 Å². The van der Waals surface area contributed by atoms with Gasteiger partial charge in [0.2, 0.25) is 0 Å². The monoisotopic (exact) mass is 219 g/mol. The average molecular weight is 219 g/mol. The molecule has 0 amide bonds. The summed E-state index contributed by atoms with van der Waals surface area (Å²) in [4.78, 5) is 4.38. The lowest BCUT2D eigenvalue weighted by atomic mass is 10.2. The highest BCUT2D eigenvalue weighted by Gasteiger charge is 2.12. The molecule has 0 radical (unpaired) electrons. The van der Waals surface area contributed by atoms with Crippen molar-refractivity contribution in [2.45, 2.75) is 40.2 Å². The highest BCUT2D eigenvalue weighted by atomic mass is 15.5. The number of nitrogens with one attached hydrogen (secondary N) is 1. The first-order valence-corrected chi connectivity index (χ1v) is 5.98. The summed E-state index contributed by atoms with van der Waals surface area (Å²) in [6.07, 6.45) is 7.08. The van der Waals surface area contributed by atoms with Crippen molar-refractivity contribution >= 4 is 5.82 Å². The quantitative estimate of drug-likeness (QED) is 0.829. The van der Waals surface area contributed by atoms with Gasteiger partial charge in [-0.25, -0.2) is 10.4 Å². The van der Waals surface area contributed by atoms with Gasteiger partial charge in [0.15, 0.2) is 0 Å². The Balaban J connectivity index is 0.000000606. The van der Waals surface area contributed by atoms with E-state index in [4.69, 9.17) is 0 Å². The molecule has 3 nitrogen and oxygen atoms in total. The van der Waals surface area contributed by atoms with Gasteiger partial charge in [-0.15, -0.1) is 0 Å². The molecule has 1 unspecified atom stereocenters. The Bertz CT molecular complexity index is 330. The van der Waals surface area contributed by atoms with Gasteiger partial charge >= 0.3 is 0 Å². The Labute approximate surface area is 98.2 Å². The molecule has 88 valence electrons. The lowest BCUT2D eigenvalue weighted by Crippen LogP contribution is -2.33. The molecule has 2 rings (SSSR count). The SMILES string of the molecule is CC.CCc1ccc(N2C=CC(C)N2)nc1. The highest BCUT2D eigenvalue weighted by Crippen LogP contribution is 2.13. The molecular weight excluding hydrogens is 198 g/mol. The second-order valence-corrected chi connectivity index (χ2v) is 3.51. The number of aryl methyl sites for hydroxylation is 1. The van der Waals surface area contributed by atoms with Gasteiger partial charge in [-0.1, -0.05) is 26.8 Å². The lowest BCUT2D eigenvalue weighted by Gasteiger charge is -2.16. The van der Waals surface area contributed by atoms with E-state index in [0.29, 0.717) is 6.04 Å². The van der Waals surface area contributed by atoms with Crippen molar-refractivity contribution < 1.29 is 0 Å². The molecule has 0 fully saturated rings. The van der Waals surface area contributed by atoms with Crippen molar-refractivity contribution in [2.75, 3.05) is 5.01 Å². The predicted octanol–water partition coefficient (Wildman–Crippen LogP) is 2.90. The Morgan fingerprint density at radius 2 is 2.12 bits per heavy atom. The molecule has 0 aromatic carbocycles. The van der Waals surface area contributed by atoms with Crippen LogP contribution < -0.4 is 10.4 Å². The lowest BCUT2D eigenvalue weighted by molar-refractivity contribution is 0.676. The Morgan fingerprint density at radius 3 is 2.56 bits per heavy atom. The fraction of sp³-hybridized carbons (Fsp3) is 0.462. The largest absolute Gasteiger partial charge is 0.267 e. The number of nitrogens with zero attached hydrogens (tertiary/aromatic N) is 2. The molecule has 0 saturated heterocycles. The maximum atomic E-state index is 4.38. The zero-order chi connectivity index (χ0) is 12.0. The van der Waals surface area contributed by atoms with Crippen LogP contribution in [0.3, 0.4) is 0 Å². The Morgan fingerprint density at radius 1 is 1.38 bits per heavy atom. The van der Waals surface area contributed by atoms with E-state index in [1.165, 1.54) is 5.56 Å². The van der Waals surface area contributed by atoms with Crippen LogP contribution in [0.25, 0.3) is 0 Å². The van der Waals surface area contributed by atoms with Crippen molar-refractivity contribution in [3.8, 4) is 0 Å². The third-order valence-electron chi connectivity index (χ3n) is 2.33. The van der Waals surface area contributed by atoms with Crippen LogP contribution in [0.15, 0.2) is 30.6 Å². The molecule has 2 heterocycles. The number of pyridine rings is 1. The summed E-state index contributed by atoms with van der Waals surface area (Å²) < 4.78 is 0. The summed E-state index contributed by atoms with van der Waals surface area (Å²) in [7, 11) is 0. The molecule has 16 heavy (non-hydrogen) atoms. The van der Waals surface area contributed by atoms with E-state index in [0.717, 1.165) is 12.2 Å². The van der Waals surface area contributed by atoms with Crippen LogP contribution in [0.1, 0.15) is 33.3 Å². The van der Waals surface area contributed by atoms with Crippen LogP contribution in [-0.2, 0) is 6.42 Å². The van der Waals surface area contributed by atoms with Crippen LogP contribution in [-0.4, -0.2) is 11.0 Å². The second kappa shape index (κ2) is 6.28. The smallest absolute Gasteiger partial charge is 0.146 e. The summed E-state index contributed by atoms with van der Waals surface area (Å²) in [5, 5.41) is 1.95. The number of rotatable bonds is 2. The van der Waals surface area contributed by atoms with Gasteiger partial charge in [-0.2, -0.15) is 0 Å². The van der Waals surface area contributed by atoms with E-state index < -0.39 is 0 Å². The maximum Gasteiger partial charge on any atom is 0.146 e. The van der Waals surface area contributed by atoms with Crippen molar-refractivity contribution in [1.82, 2.24) is 10.4 Å². The van der Waals surface area contributed by atoms with E-state index in [-0.39, 0.29) is 0 Å². The number of hydrazine groups is 1. The second-order valence-electron chi connectivity index (χ2n) is 3.51. The van der Waals surface area contributed by atoms with Crippen molar-refractivity contribution in [3.05, 3.63) is 36.2 Å². The molecule has 1 aromatic heterocycles. The molecule has 1 aliphatic heterocycles. The molecular formula is C13H21N3. The first kappa shape index (κ1) is 12.7. The van der Waals surface area contributed by atoms with Gasteiger partial charge in [0.1, 0.15) is 5.82 Å². The Kier molecular flexibility index (Phi) is 4.99. The minimum atomic E-state index is 0.391. The Hall–Kier alpha value is -1.35. The van der Waals surface area contributed by atoms with E-state index in [2.05, 4.69) is 36.4 Å². The predicted molar refractivity (Wildman–Crippen MR) is 69.2 cm³/mol.